The van der Waals surface area contributed by atoms with Crippen LogP contribution in [0.1, 0.15) is 33.3 Å². The van der Waals surface area contributed by atoms with Gasteiger partial charge in [-0.15, -0.1) is 0 Å². The molecule has 0 aliphatic rings. The van der Waals surface area contributed by atoms with Crippen LogP contribution in [-0.2, 0) is 9.84 Å². The fourth-order valence-corrected chi connectivity index (χ4v) is 2.66. The summed E-state index contributed by atoms with van der Waals surface area (Å²) in [6.07, 6.45) is 1.24. The summed E-state index contributed by atoms with van der Waals surface area (Å²) in [6.45, 7) is 9.98. The number of aryl methyl sites for hydroxylation is 1. The van der Waals surface area contributed by atoms with Gasteiger partial charge in [0.1, 0.15) is 0 Å². The van der Waals surface area contributed by atoms with Crippen LogP contribution in [0.25, 0.3) is 10.8 Å². The maximum Gasteiger partial charge on any atom is 0.176 e. The molecule has 3 heteroatoms. The van der Waals surface area contributed by atoms with Crippen molar-refractivity contribution in [1.29, 1.82) is 0 Å². The zero-order valence-electron chi connectivity index (χ0n) is 12.7. The van der Waals surface area contributed by atoms with E-state index in [9.17, 15) is 8.42 Å². The van der Waals surface area contributed by atoms with Gasteiger partial charge in [0.05, 0.1) is 4.90 Å². The van der Waals surface area contributed by atoms with Gasteiger partial charge < -0.3 is 0 Å². The minimum Gasteiger partial charge on any atom is -0.224 e. The first-order valence-corrected chi connectivity index (χ1v) is 8.58. The van der Waals surface area contributed by atoms with E-state index in [1.165, 1.54) is 6.26 Å². The van der Waals surface area contributed by atoms with E-state index in [1.54, 1.807) is 12.1 Å². The van der Waals surface area contributed by atoms with Crippen LogP contribution in [0.2, 0.25) is 0 Å². The molecule has 0 bridgehead atoms. The molecule has 0 aromatic heterocycles. The number of rotatable bonds is 1. The van der Waals surface area contributed by atoms with Gasteiger partial charge in [0.25, 0.3) is 0 Å². The largest absolute Gasteiger partial charge is 0.224 e. The second-order valence-corrected chi connectivity index (χ2v) is 5.68. The Hall–Kier alpha value is -1.35. The topological polar surface area (TPSA) is 34.1 Å². The standard InChI is InChI=1S/C12H12O2S.2C2H6/c1-9-5-3-7-11-10(9)6-4-8-12(11)15(2,13)14;2*1-2/h3-8H,1-2H3;2*1-2H3. The lowest BCUT2D eigenvalue weighted by Gasteiger charge is -2.06. The van der Waals surface area contributed by atoms with Gasteiger partial charge in [0.2, 0.25) is 0 Å². The summed E-state index contributed by atoms with van der Waals surface area (Å²) in [5, 5.41) is 1.81. The molecule has 0 atom stereocenters. The van der Waals surface area contributed by atoms with Crippen molar-refractivity contribution in [2.45, 2.75) is 39.5 Å². The second kappa shape index (κ2) is 7.95. The Bertz CT molecular complexity index is 614. The molecule has 0 fully saturated rings. The van der Waals surface area contributed by atoms with Crippen LogP contribution in [0, 0.1) is 6.92 Å². The second-order valence-electron chi connectivity index (χ2n) is 3.70. The molecular formula is C16H24O2S. The molecule has 2 rings (SSSR count). The Morgan fingerprint density at radius 1 is 0.789 bits per heavy atom. The first kappa shape index (κ1) is 17.6. The molecule has 0 aliphatic heterocycles. The normalized spacial score (nSPS) is 10.0. The summed E-state index contributed by atoms with van der Waals surface area (Å²) in [5.41, 5.74) is 1.10. The van der Waals surface area contributed by atoms with Gasteiger partial charge in [-0.2, -0.15) is 0 Å². The molecule has 0 amide bonds. The highest BCUT2D eigenvalue weighted by Crippen LogP contribution is 2.24. The van der Waals surface area contributed by atoms with Crippen LogP contribution in [0.3, 0.4) is 0 Å². The van der Waals surface area contributed by atoms with Crippen molar-refractivity contribution in [3.8, 4) is 0 Å². The molecule has 2 aromatic carbocycles. The fraction of sp³-hybridized carbons (Fsp3) is 0.375. The van der Waals surface area contributed by atoms with Crippen molar-refractivity contribution < 1.29 is 8.42 Å². The molecule has 0 aliphatic carbocycles. The molecule has 0 N–H and O–H groups in total. The molecule has 0 spiro atoms. The SMILES string of the molecule is CC.CC.Cc1cccc2c(S(C)(=O)=O)cccc12. The Balaban J connectivity index is 0.000000741. The molecule has 2 aromatic rings. The third-order valence-corrected chi connectivity index (χ3v) is 3.65. The van der Waals surface area contributed by atoms with Gasteiger partial charge in [-0.3, -0.25) is 0 Å². The lowest BCUT2D eigenvalue weighted by Crippen LogP contribution is -1.98. The van der Waals surface area contributed by atoms with E-state index >= 15 is 0 Å². The zero-order chi connectivity index (χ0) is 15.1. The van der Waals surface area contributed by atoms with E-state index in [1.807, 2.05) is 58.9 Å². The first-order valence-electron chi connectivity index (χ1n) is 6.68. The lowest BCUT2D eigenvalue weighted by molar-refractivity contribution is 0.602. The van der Waals surface area contributed by atoms with Crippen molar-refractivity contribution in [3.05, 3.63) is 42.0 Å². The van der Waals surface area contributed by atoms with E-state index in [2.05, 4.69) is 0 Å². The van der Waals surface area contributed by atoms with E-state index in [0.717, 1.165) is 16.3 Å². The molecule has 0 heterocycles. The lowest BCUT2D eigenvalue weighted by atomic mass is 10.1. The minimum absolute atomic E-state index is 0.406. The average molecular weight is 280 g/mol. The average Bonchev–Trinajstić information content (AvgIpc) is 2.42. The van der Waals surface area contributed by atoms with Crippen molar-refractivity contribution in [2.24, 2.45) is 0 Å². The smallest absolute Gasteiger partial charge is 0.176 e. The maximum absolute atomic E-state index is 11.6. The summed E-state index contributed by atoms with van der Waals surface area (Å²) in [6, 6.07) is 11.1. The predicted molar refractivity (Wildman–Crippen MR) is 84.5 cm³/mol. The Morgan fingerprint density at radius 3 is 1.79 bits per heavy atom. The van der Waals surface area contributed by atoms with Gasteiger partial charge in [-0.25, -0.2) is 8.42 Å². The summed E-state index contributed by atoms with van der Waals surface area (Å²) in [4.78, 5) is 0.406. The number of hydrogen-bond acceptors (Lipinski definition) is 2. The van der Waals surface area contributed by atoms with Gasteiger partial charge in [-0.05, 0) is 23.9 Å². The monoisotopic (exact) mass is 280 g/mol. The van der Waals surface area contributed by atoms with E-state index in [4.69, 9.17) is 0 Å². The Morgan fingerprint density at radius 2 is 1.26 bits per heavy atom. The highest BCUT2D eigenvalue weighted by atomic mass is 32.2. The molecule has 0 unspecified atom stereocenters. The van der Waals surface area contributed by atoms with Gasteiger partial charge in [0, 0.05) is 11.6 Å². The van der Waals surface area contributed by atoms with E-state index in [0.29, 0.717) is 4.90 Å². The Kier molecular flexibility index (Phi) is 7.38. The van der Waals surface area contributed by atoms with Crippen molar-refractivity contribution in [1.82, 2.24) is 0 Å². The van der Waals surface area contributed by atoms with Crippen molar-refractivity contribution in [3.63, 3.8) is 0 Å². The summed E-state index contributed by atoms with van der Waals surface area (Å²) >= 11 is 0. The number of fused-ring (bicyclic) bond motifs is 1. The van der Waals surface area contributed by atoms with Crippen molar-refractivity contribution >= 4 is 20.6 Å². The third-order valence-electron chi connectivity index (χ3n) is 2.50. The van der Waals surface area contributed by atoms with Crippen LogP contribution >= 0.6 is 0 Å². The van der Waals surface area contributed by atoms with Gasteiger partial charge in [-0.1, -0.05) is 58.0 Å². The Labute approximate surface area is 117 Å². The van der Waals surface area contributed by atoms with Crippen LogP contribution in [0.15, 0.2) is 41.3 Å². The maximum atomic E-state index is 11.6. The highest BCUT2D eigenvalue weighted by Gasteiger charge is 2.11. The van der Waals surface area contributed by atoms with Crippen LogP contribution < -0.4 is 0 Å². The summed E-state index contributed by atoms with van der Waals surface area (Å²) < 4.78 is 23.1. The van der Waals surface area contributed by atoms with Crippen LogP contribution in [-0.4, -0.2) is 14.7 Å². The highest BCUT2D eigenvalue weighted by molar-refractivity contribution is 7.91. The first-order chi connectivity index (χ1) is 9.00. The summed E-state index contributed by atoms with van der Waals surface area (Å²) in [7, 11) is -3.15. The van der Waals surface area contributed by atoms with Crippen molar-refractivity contribution in [2.75, 3.05) is 6.26 Å². The van der Waals surface area contributed by atoms with E-state index in [-0.39, 0.29) is 0 Å². The molecule has 0 saturated carbocycles. The molecule has 0 saturated heterocycles. The molecule has 2 nitrogen and oxygen atoms in total. The number of sulfone groups is 1. The van der Waals surface area contributed by atoms with Gasteiger partial charge >= 0.3 is 0 Å². The third kappa shape index (κ3) is 4.35. The summed E-state index contributed by atoms with van der Waals surface area (Å²) in [5.74, 6) is 0. The van der Waals surface area contributed by atoms with Crippen LogP contribution in [0.5, 0.6) is 0 Å². The fourth-order valence-electron chi connectivity index (χ4n) is 1.76. The predicted octanol–water partition coefficient (Wildman–Crippen LogP) is 4.60. The number of hydrogen-bond donors (Lipinski definition) is 0. The minimum atomic E-state index is -3.15. The van der Waals surface area contributed by atoms with E-state index < -0.39 is 9.84 Å². The molecule has 19 heavy (non-hydrogen) atoms. The molecule has 0 radical (unpaired) electrons. The quantitative estimate of drug-likeness (QED) is 0.764. The zero-order valence-corrected chi connectivity index (χ0v) is 13.5. The molecular weight excluding hydrogens is 256 g/mol. The van der Waals surface area contributed by atoms with Gasteiger partial charge in [0.15, 0.2) is 9.84 Å². The van der Waals surface area contributed by atoms with Crippen LogP contribution in [0.4, 0.5) is 0 Å². The molecule has 106 valence electrons. The number of benzene rings is 2.